The smallest absolute Gasteiger partial charge is 0.305 e. The second-order valence-electron chi connectivity index (χ2n) is 8.98. The molecule has 0 spiro atoms. The minimum Gasteiger partial charge on any atom is -0.465 e. The lowest BCUT2D eigenvalue weighted by Gasteiger charge is -2.31. The third-order valence-corrected chi connectivity index (χ3v) is 6.57. The Labute approximate surface area is 169 Å². The fourth-order valence-electron chi connectivity index (χ4n) is 4.44. The fourth-order valence-corrected chi connectivity index (χ4v) is 4.44. The van der Waals surface area contributed by atoms with Gasteiger partial charge in [-0.3, -0.25) is 9.59 Å². The van der Waals surface area contributed by atoms with Crippen LogP contribution in [0.25, 0.3) is 0 Å². The van der Waals surface area contributed by atoms with Crippen molar-refractivity contribution >= 4 is 11.9 Å². The molecule has 2 fully saturated rings. The van der Waals surface area contributed by atoms with E-state index in [2.05, 4.69) is 13.8 Å². The summed E-state index contributed by atoms with van der Waals surface area (Å²) < 4.78 is 10.8. The van der Waals surface area contributed by atoms with Crippen LogP contribution in [0.4, 0.5) is 0 Å². The van der Waals surface area contributed by atoms with Crippen LogP contribution >= 0.6 is 0 Å². The number of carbonyl (C=O) groups excluding carboxylic acids is 2. The topological polar surface area (TPSA) is 93.1 Å². The van der Waals surface area contributed by atoms with Crippen LogP contribution in [0.5, 0.6) is 0 Å². The Kier molecular flexibility index (Phi) is 9.72. The summed E-state index contributed by atoms with van der Waals surface area (Å²) in [4.78, 5) is 23.8. The number of hydrogen-bond acceptors (Lipinski definition) is 6. The van der Waals surface area contributed by atoms with E-state index in [1.807, 2.05) is 0 Å². The van der Waals surface area contributed by atoms with Gasteiger partial charge in [0.2, 0.25) is 0 Å². The van der Waals surface area contributed by atoms with Gasteiger partial charge in [0.25, 0.3) is 0 Å². The summed E-state index contributed by atoms with van der Waals surface area (Å²) in [5, 5.41) is 19.3. The van der Waals surface area contributed by atoms with E-state index in [0.29, 0.717) is 62.6 Å². The lowest BCUT2D eigenvalue weighted by molar-refractivity contribution is -0.148. The van der Waals surface area contributed by atoms with Crippen LogP contribution < -0.4 is 0 Å². The first-order valence-corrected chi connectivity index (χ1v) is 11.0. The van der Waals surface area contributed by atoms with Gasteiger partial charge in [-0.15, -0.1) is 0 Å². The van der Waals surface area contributed by atoms with Gasteiger partial charge < -0.3 is 19.7 Å². The number of esters is 2. The van der Waals surface area contributed by atoms with E-state index in [9.17, 15) is 19.8 Å². The van der Waals surface area contributed by atoms with E-state index in [0.717, 1.165) is 38.5 Å². The van der Waals surface area contributed by atoms with Crippen molar-refractivity contribution in [2.75, 3.05) is 13.2 Å². The molecule has 0 aromatic rings. The van der Waals surface area contributed by atoms with Crippen LogP contribution in [0.2, 0.25) is 0 Å². The molecule has 0 amide bonds. The van der Waals surface area contributed by atoms with Crippen LogP contribution in [0.1, 0.15) is 78.1 Å². The molecule has 6 unspecified atom stereocenters. The van der Waals surface area contributed by atoms with Crippen molar-refractivity contribution in [2.45, 2.75) is 90.3 Å². The van der Waals surface area contributed by atoms with Crippen LogP contribution in [0, 0.1) is 23.7 Å². The van der Waals surface area contributed by atoms with Crippen LogP contribution in [-0.2, 0) is 19.1 Å². The minimum absolute atomic E-state index is 0.207. The minimum atomic E-state index is -0.213. The van der Waals surface area contributed by atoms with Gasteiger partial charge >= 0.3 is 11.9 Å². The molecule has 0 aromatic heterocycles. The number of hydrogen-bond donors (Lipinski definition) is 2. The monoisotopic (exact) mass is 398 g/mol. The molecule has 162 valence electrons. The van der Waals surface area contributed by atoms with E-state index >= 15 is 0 Å². The van der Waals surface area contributed by atoms with Gasteiger partial charge in [-0.1, -0.05) is 13.8 Å². The van der Waals surface area contributed by atoms with Crippen molar-refractivity contribution in [2.24, 2.45) is 23.7 Å². The van der Waals surface area contributed by atoms with E-state index in [1.165, 1.54) is 0 Å². The zero-order valence-corrected chi connectivity index (χ0v) is 17.5. The van der Waals surface area contributed by atoms with Crippen LogP contribution in [-0.4, -0.2) is 47.6 Å². The van der Waals surface area contributed by atoms with E-state index in [1.54, 1.807) is 0 Å². The van der Waals surface area contributed by atoms with E-state index in [4.69, 9.17) is 9.47 Å². The average molecular weight is 399 g/mol. The Morgan fingerprint density at radius 1 is 0.750 bits per heavy atom. The van der Waals surface area contributed by atoms with Crippen molar-refractivity contribution in [3.05, 3.63) is 0 Å². The number of carbonyl (C=O) groups is 2. The maximum absolute atomic E-state index is 11.9. The SMILES string of the molecule is CC1CC(O)CCC1COC(=O)CCCCC(=O)OCC1CCC(O)CC1C. The Morgan fingerprint density at radius 2 is 1.14 bits per heavy atom. The molecule has 2 aliphatic rings. The molecule has 2 N–H and O–H groups in total. The quantitative estimate of drug-likeness (QED) is 0.457. The maximum Gasteiger partial charge on any atom is 0.305 e. The summed E-state index contributed by atoms with van der Waals surface area (Å²) >= 11 is 0. The average Bonchev–Trinajstić information content (AvgIpc) is 2.64. The summed E-state index contributed by atoms with van der Waals surface area (Å²) in [5.41, 5.74) is 0. The Morgan fingerprint density at radius 3 is 1.50 bits per heavy atom. The normalized spacial score (nSPS) is 33.3. The first kappa shape index (κ1) is 23.1. The first-order valence-electron chi connectivity index (χ1n) is 11.0. The van der Waals surface area contributed by atoms with Crippen molar-refractivity contribution in [1.82, 2.24) is 0 Å². The molecule has 2 aliphatic carbocycles. The highest BCUT2D eigenvalue weighted by Crippen LogP contribution is 2.31. The molecule has 0 radical (unpaired) electrons. The Balaban J connectivity index is 1.50. The molecule has 0 bridgehead atoms. The Hall–Kier alpha value is -1.14. The number of aliphatic hydroxyl groups excluding tert-OH is 2. The molecule has 2 saturated carbocycles. The molecule has 0 aliphatic heterocycles. The second-order valence-corrected chi connectivity index (χ2v) is 8.98. The largest absolute Gasteiger partial charge is 0.465 e. The van der Waals surface area contributed by atoms with Crippen LogP contribution in [0.15, 0.2) is 0 Å². The van der Waals surface area contributed by atoms with Crippen molar-refractivity contribution in [3.8, 4) is 0 Å². The summed E-state index contributed by atoms with van der Waals surface area (Å²) in [5.74, 6) is 1.02. The highest BCUT2D eigenvalue weighted by atomic mass is 16.5. The molecule has 6 heteroatoms. The molecule has 6 nitrogen and oxygen atoms in total. The summed E-state index contributed by atoms with van der Waals surface area (Å²) in [6, 6.07) is 0. The van der Waals surface area contributed by atoms with Gasteiger partial charge in [0.15, 0.2) is 0 Å². The standard InChI is InChI=1S/C22H38O6/c1-15-11-19(23)9-7-17(15)13-27-21(25)5-3-4-6-22(26)28-14-18-8-10-20(24)12-16(18)2/h15-20,23-24H,3-14H2,1-2H3. The molecular formula is C22H38O6. The van der Waals surface area contributed by atoms with Gasteiger partial charge in [0.1, 0.15) is 0 Å². The van der Waals surface area contributed by atoms with Gasteiger partial charge in [0.05, 0.1) is 25.4 Å². The summed E-state index contributed by atoms with van der Waals surface area (Å²) in [7, 11) is 0. The van der Waals surface area contributed by atoms with Gasteiger partial charge in [-0.05, 0) is 75.0 Å². The van der Waals surface area contributed by atoms with E-state index < -0.39 is 0 Å². The third kappa shape index (κ3) is 8.08. The van der Waals surface area contributed by atoms with E-state index in [-0.39, 0.29) is 24.1 Å². The van der Waals surface area contributed by atoms with Gasteiger partial charge in [0, 0.05) is 12.8 Å². The maximum atomic E-state index is 11.9. The van der Waals surface area contributed by atoms with Crippen molar-refractivity contribution in [3.63, 3.8) is 0 Å². The molecule has 6 atom stereocenters. The predicted molar refractivity (Wildman–Crippen MR) is 105 cm³/mol. The third-order valence-electron chi connectivity index (χ3n) is 6.57. The van der Waals surface area contributed by atoms with Crippen LogP contribution in [0.3, 0.4) is 0 Å². The second kappa shape index (κ2) is 11.8. The molecule has 28 heavy (non-hydrogen) atoms. The Bertz CT molecular complexity index is 449. The number of ether oxygens (including phenoxy) is 2. The highest BCUT2D eigenvalue weighted by molar-refractivity contribution is 5.70. The highest BCUT2D eigenvalue weighted by Gasteiger charge is 2.28. The summed E-state index contributed by atoms with van der Waals surface area (Å²) in [6.07, 6.45) is 6.42. The molecule has 2 rings (SSSR count). The molecule has 0 heterocycles. The van der Waals surface area contributed by atoms with Gasteiger partial charge in [-0.2, -0.15) is 0 Å². The summed E-state index contributed by atoms with van der Waals surface area (Å²) in [6.45, 7) is 5.07. The number of rotatable bonds is 9. The first-order chi connectivity index (χ1) is 13.3. The van der Waals surface area contributed by atoms with Gasteiger partial charge in [-0.25, -0.2) is 0 Å². The number of aliphatic hydroxyl groups is 2. The number of unbranched alkanes of at least 4 members (excludes halogenated alkanes) is 1. The van der Waals surface area contributed by atoms with Crippen molar-refractivity contribution < 1.29 is 29.3 Å². The zero-order valence-electron chi connectivity index (χ0n) is 17.5. The zero-order chi connectivity index (χ0) is 20.5. The molecular weight excluding hydrogens is 360 g/mol. The fraction of sp³-hybridized carbons (Fsp3) is 0.909. The lowest BCUT2D eigenvalue weighted by Crippen LogP contribution is -2.29. The molecule has 0 saturated heterocycles. The van der Waals surface area contributed by atoms with Crippen molar-refractivity contribution in [1.29, 1.82) is 0 Å². The lowest BCUT2D eigenvalue weighted by atomic mass is 9.79. The molecule has 0 aromatic carbocycles. The predicted octanol–water partition coefficient (Wildman–Crippen LogP) is 3.23.